The SMILES string of the molecule is NS(=O)(=O)c1ccc(CC(=O)Nc2nnc(CCCc3nnc(NC(=O)Cc4ccc(S(N)(=O)=O)cc4)s3)s2)cc1. The monoisotopic (exact) mass is 636 g/mol. The Morgan fingerprint density at radius 3 is 1.34 bits per heavy atom. The lowest BCUT2D eigenvalue weighted by Gasteiger charge is -2.03. The third kappa shape index (κ3) is 9.17. The van der Waals surface area contributed by atoms with Gasteiger partial charge in [-0.15, -0.1) is 20.4 Å². The zero-order valence-electron chi connectivity index (χ0n) is 21.2. The molecule has 0 aliphatic heterocycles. The Labute approximate surface area is 243 Å². The summed E-state index contributed by atoms with van der Waals surface area (Å²) in [6.07, 6.45) is 1.94. The molecule has 0 fully saturated rings. The molecule has 0 saturated carbocycles. The lowest BCUT2D eigenvalue weighted by molar-refractivity contribution is -0.116. The number of aromatic nitrogens is 4. The van der Waals surface area contributed by atoms with E-state index in [4.69, 9.17) is 10.3 Å². The number of anilines is 2. The van der Waals surface area contributed by atoms with Crippen molar-refractivity contribution in [3.63, 3.8) is 0 Å². The van der Waals surface area contributed by atoms with Crippen molar-refractivity contribution in [3.05, 3.63) is 69.7 Å². The lowest BCUT2D eigenvalue weighted by atomic mass is 10.1. The van der Waals surface area contributed by atoms with Crippen LogP contribution in [0.2, 0.25) is 0 Å². The van der Waals surface area contributed by atoms with E-state index in [2.05, 4.69) is 31.0 Å². The highest BCUT2D eigenvalue weighted by atomic mass is 32.2. The van der Waals surface area contributed by atoms with Gasteiger partial charge in [0.2, 0.25) is 42.1 Å². The molecule has 0 unspecified atom stereocenters. The highest BCUT2D eigenvalue weighted by Gasteiger charge is 2.13. The van der Waals surface area contributed by atoms with E-state index in [0.29, 0.717) is 40.7 Å². The molecule has 0 bridgehead atoms. The number of aryl methyl sites for hydroxylation is 2. The topological polar surface area (TPSA) is 230 Å². The summed E-state index contributed by atoms with van der Waals surface area (Å²) < 4.78 is 45.4. The van der Waals surface area contributed by atoms with Gasteiger partial charge in [0, 0.05) is 12.8 Å². The molecule has 2 aromatic heterocycles. The van der Waals surface area contributed by atoms with Gasteiger partial charge < -0.3 is 10.6 Å². The summed E-state index contributed by atoms with van der Waals surface area (Å²) in [5.41, 5.74) is 1.23. The summed E-state index contributed by atoms with van der Waals surface area (Å²) in [4.78, 5) is 24.6. The first kappa shape index (κ1) is 30.3. The van der Waals surface area contributed by atoms with Crippen molar-refractivity contribution >= 4 is 64.8 Å². The smallest absolute Gasteiger partial charge is 0.238 e. The molecule has 18 heteroatoms. The molecule has 0 radical (unpaired) electrons. The number of sulfonamides is 2. The standard InChI is InChI=1S/C23H24N8O6S4/c24-40(34,35)16-8-4-14(5-9-16)12-18(32)26-22-30-28-20(38-22)2-1-3-21-29-31-23(39-21)27-19(33)13-15-6-10-17(11-7-15)41(25,36)37/h4-11H,1-3,12-13H2,(H2,24,34,35)(H2,25,36,37)(H,26,30,32)(H,27,31,33). The molecule has 6 N–H and O–H groups in total. The number of hydrogen-bond donors (Lipinski definition) is 4. The average molecular weight is 637 g/mol. The van der Waals surface area contributed by atoms with Gasteiger partial charge in [-0.05, 0) is 41.8 Å². The molecule has 0 atom stereocenters. The van der Waals surface area contributed by atoms with Crippen LogP contribution in [0.1, 0.15) is 27.6 Å². The maximum absolute atomic E-state index is 12.3. The van der Waals surface area contributed by atoms with E-state index in [1.54, 1.807) is 0 Å². The fraction of sp³-hybridized carbons (Fsp3) is 0.217. The van der Waals surface area contributed by atoms with Crippen LogP contribution in [0, 0.1) is 0 Å². The second-order valence-corrected chi connectivity index (χ2v) is 13.9. The number of rotatable bonds is 12. The van der Waals surface area contributed by atoms with Crippen molar-refractivity contribution < 1.29 is 26.4 Å². The summed E-state index contributed by atoms with van der Waals surface area (Å²) in [6, 6.07) is 11.5. The van der Waals surface area contributed by atoms with Crippen LogP contribution in [0.5, 0.6) is 0 Å². The largest absolute Gasteiger partial charge is 0.300 e. The van der Waals surface area contributed by atoms with Gasteiger partial charge in [0.25, 0.3) is 0 Å². The van der Waals surface area contributed by atoms with E-state index in [1.165, 1.54) is 71.2 Å². The molecule has 14 nitrogen and oxygen atoms in total. The van der Waals surface area contributed by atoms with Crippen molar-refractivity contribution in [3.8, 4) is 0 Å². The van der Waals surface area contributed by atoms with Crippen LogP contribution >= 0.6 is 22.7 Å². The van der Waals surface area contributed by atoms with Crippen LogP contribution in [0.15, 0.2) is 58.3 Å². The van der Waals surface area contributed by atoms with Gasteiger partial charge in [-0.1, -0.05) is 46.9 Å². The molecule has 0 aliphatic rings. The van der Waals surface area contributed by atoms with Gasteiger partial charge >= 0.3 is 0 Å². The van der Waals surface area contributed by atoms with Crippen LogP contribution in [0.4, 0.5) is 10.3 Å². The average Bonchev–Trinajstić information content (AvgIpc) is 3.52. The molecule has 4 rings (SSSR count). The third-order valence-corrected chi connectivity index (χ3v) is 9.10. The number of nitrogens with zero attached hydrogens (tertiary/aromatic N) is 4. The molecular weight excluding hydrogens is 613 g/mol. The minimum atomic E-state index is -3.80. The first-order chi connectivity index (χ1) is 19.3. The van der Waals surface area contributed by atoms with Crippen molar-refractivity contribution in [2.24, 2.45) is 10.3 Å². The zero-order valence-corrected chi connectivity index (χ0v) is 24.4. The lowest BCUT2D eigenvalue weighted by Crippen LogP contribution is -2.15. The summed E-state index contributed by atoms with van der Waals surface area (Å²) in [5, 5.41) is 33.8. The van der Waals surface area contributed by atoms with E-state index in [9.17, 15) is 26.4 Å². The molecule has 0 saturated heterocycles. The number of primary sulfonamides is 2. The number of nitrogens with one attached hydrogen (secondary N) is 2. The number of benzene rings is 2. The van der Waals surface area contributed by atoms with Crippen LogP contribution in [-0.2, 0) is 55.3 Å². The number of carbonyl (C=O) groups is 2. The molecule has 41 heavy (non-hydrogen) atoms. The van der Waals surface area contributed by atoms with E-state index in [0.717, 1.165) is 10.0 Å². The van der Waals surface area contributed by atoms with Gasteiger partial charge in [-0.3, -0.25) is 9.59 Å². The first-order valence-corrected chi connectivity index (χ1v) is 16.6. The van der Waals surface area contributed by atoms with Crippen LogP contribution in [-0.4, -0.2) is 49.0 Å². The quantitative estimate of drug-likeness (QED) is 0.174. The Morgan fingerprint density at radius 1 is 0.634 bits per heavy atom. The van der Waals surface area contributed by atoms with Gasteiger partial charge in [-0.2, -0.15) is 0 Å². The molecule has 2 heterocycles. The molecule has 2 amide bonds. The van der Waals surface area contributed by atoms with Crippen LogP contribution < -0.4 is 20.9 Å². The number of hydrogen-bond acceptors (Lipinski definition) is 12. The molecule has 4 aromatic rings. The highest BCUT2D eigenvalue weighted by Crippen LogP contribution is 2.21. The van der Waals surface area contributed by atoms with Crippen molar-refractivity contribution in [2.45, 2.75) is 41.9 Å². The third-order valence-electron chi connectivity index (χ3n) is 5.44. The first-order valence-electron chi connectivity index (χ1n) is 11.8. The maximum atomic E-state index is 12.3. The molecule has 216 valence electrons. The Kier molecular flexibility index (Phi) is 9.51. The second-order valence-electron chi connectivity index (χ2n) is 8.68. The molecule has 0 aliphatic carbocycles. The zero-order chi connectivity index (χ0) is 29.6. The Bertz CT molecular complexity index is 1620. The number of nitrogens with two attached hydrogens (primary N) is 2. The van der Waals surface area contributed by atoms with E-state index in [-0.39, 0.29) is 34.4 Å². The molecule has 0 spiro atoms. The Hall–Kier alpha value is -3.68. The van der Waals surface area contributed by atoms with Crippen molar-refractivity contribution in [1.82, 2.24) is 20.4 Å². The van der Waals surface area contributed by atoms with Crippen molar-refractivity contribution in [2.75, 3.05) is 10.6 Å². The maximum Gasteiger partial charge on any atom is 0.238 e. The van der Waals surface area contributed by atoms with E-state index >= 15 is 0 Å². The van der Waals surface area contributed by atoms with Gasteiger partial charge in [0.15, 0.2) is 0 Å². The Morgan fingerprint density at radius 2 is 1.00 bits per heavy atom. The van der Waals surface area contributed by atoms with Crippen LogP contribution in [0.25, 0.3) is 0 Å². The summed E-state index contributed by atoms with van der Waals surface area (Å²) in [5.74, 6) is -0.639. The van der Waals surface area contributed by atoms with E-state index in [1.807, 2.05) is 0 Å². The predicted octanol–water partition coefficient (Wildman–Crippen LogP) is 1.22. The predicted molar refractivity (Wildman–Crippen MR) is 152 cm³/mol. The number of carbonyl (C=O) groups excluding carboxylic acids is 2. The van der Waals surface area contributed by atoms with Gasteiger partial charge in [0.05, 0.1) is 22.6 Å². The normalized spacial score (nSPS) is 11.8. The summed E-state index contributed by atoms with van der Waals surface area (Å²) in [7, 11) is -7.59. The van der Waals surface area contributed by atoms with Gasteiger partial charge in [0.1, 0.15) is 10.0 Å². The number of amides is 2. The Balaban J connectivity index is 1.19. The summed E-state index contributed by atoms with van der Waals surface area (Å²) >= 11 is 2.50. The van der Waals surface area contributed by atoms with Gasteiger partial charge in [-0.25, -0.2) is 27.1 Å². The van der Waals surface area contributed by atoms with Crippen molar-refractivity contribution in [1.29, 1.82) is 0 Å². The fourth-order valence-corrected chi connectivity index (χ4v) is 6.12. The summed E-state index contributed by atoms with van der Waals surface area (Å²) in [6.45, 7) is 0. The molecular formula is C23H24N8O6S4. The minimum absolute atomic E-state index is 0.0284. The fourth-order valence-electron chi connectivity index (χ4n) is 3.49. The van der Waals surface area contributed by atoms with Crippen LogP contribution in [0.3, 0.4) is 0 Å². The highest BCUT2D eigenvalue weighted by molar-refractivity contribution is 7.89. The van der Waals surface area contributed by atoms with E-state index < -0.39 is 20.0 Å². The second kappa shape index (κ2) is 12.9. The minimum Gasteiger partial charge on any atom is -0.300 e. The molecule has 2 aromatic carbocycles.